The number of hydrogen-bond donors (Lipinski definition) is 0. The normalized spacial score (nSPS) is 20.2. The molecule has 86 valence electrons. The zero-order chi connectivity index (χ0) is 11.7. The van der Waals surface area contributed by atoms with Crippen molar-refractivity contribution in [2.45, 2.75) is 12.6 Å². The molecule has 0 bridgehead atoms. The summed E-state index contributed by atoms with van der Waals surface area (Å²) in [6, 6.07) is 2.46. The smallest absolute Gasteiger partial charge is 0.272 e. The topological polar surface area (TPSA) is 33.2 Å². The van der Waals surface area contributed by atoms with E-state index in [-0.39, 0.29) is 22.7 Å². The Bertz CT molecular complexity index is 427. The van der Waals surface area contributed by atoms with Gasteiger partial charge in [0.2, 0.25) is 0 Å². The van der Waals surface area contributed by atoms with Crippen molar-refractivity contribution in [3.05, 3.63) is 28.2 Å². The van der Waals surface area contributed by atoms with E-state index in [1.165, 1.54) is 11.0 Å². The van der Waals surface area contributed by atoms with E-state index in [9.17, 15) is 13.6 Å². The fraction of sp³-hybridized carbons (Fsp3) is 0.400. The van der Waals surface area contributed by atoms with Crippen molar-refractivity contribution in [2.24, 2.45) is 0 Å². The van der Waals surface area contributed by atoms with Gasteiger partial charge < -0.3 is 4.90 Å². The molecule has 1 amide bonds. The molecule has 1 unspecified atom stereocenters. The number of pyridine rings is 1. The second-order valence-electron chi connectivity index (χ2n) is 3.61. The minimum absolute atomic E-state index is 0.00524. The third-order valence-corrected chi connectivity index (χ3v) is 3.00. The van der Waals surface area contributed by atoms with Gasteiger partial charge in [-0.2, -0.15) is 0 Å². The van der Waals surface area contributed by atoms with Crippen molar-refractivity contribution in [2.75, 3.05) is 13.1 Å². The van der Waals surface area contributed by atoms with Gasteiger partial charge in [-0.15, -0.1) is 0 Å². The third-order valence-electron chi connectivity index (χ3n) is 2.44. The standard InChI is InChI=1S/C10H9BrF2N2O/c11-9-7(13)1-2-8(14-9)10(16)15-4-3-6(12)5-15/h1-2,6H,3-5H2. The van der Waals surface area contributed by atoms with E-state index < -0.39 is 12.0 Å². The summed E-state index contributed by atoms with van der Waals surface area (Å²) in [5.41, 5.74) is 0.127. The van der Waals surface area contributed by atoms with Crippen LogP contribution < -0.4 is 0 Å². The minimum atomic E-state index is -0.965. The van der Waals surface area contributed by atoms with Gasteiger partial charge in [-0.1, -0.05) is 0 Å². The number of carbonyl (C=O) groups excluding carboxylic acids is 1. The van der Waals surface area contributed by atoms with Crippen molar-refractivity contribution in [3.63, 3.8) is 0 Å². The monoisotopic (exact) mass is 290 g/mol. The van der Waals surface area contributed by atoms with Crippen LogP contribution in [0.2, 0.25) is 0 Å². The van der Waals surface area contributed by atoms with Crippen LogP contribution in [-0.4, -0.2) is 35.1 Å². The lowest BCUT2D eigenvalue weighted by Gasteiger charge is -2.14. The molecule has 0 N–H and O–H groups in total. The summed E-state index contributed by atoms with van der Waals surface area (Å²) in [5.74, 6) is -0.887. The Morgan fingerprint density at radius 1 is 1.56 bits per heavy atom. The number of likely N-dealkylation sites (tertiary alicyclic amines) is 1. The second kappa shape index (κ2) is 4.45. The van der Waals surface area contributed by atoms with Crippen LogP contribution in [0.3, 0.4) is 0 Å². The molecule has 1 aromatic rings. The fourth-order valence-corrected chi connectivity index (χ4v) is 1.92. The Labute approximate surface area is 99.6 Å². The summed E-state index contributed by atoms with van der Waals surface area (Å²) < 4.78 is 25.8. The van der Waals surface area contributed by atoms with Crippen molar-refractivity contribution in [1.29, 1.82) is 0 Å². The highest BCUT2D eigenvalue weighted by atomic mass is 79.9. The average molecular weight is 291 g/mol. The first kappa shape index (κ1) is 11.4. The van der Waals surface area contributed by atoms with Gasteiger partial charge in [-0.25, -0.2) is 13.8 Å². The Hall–Kier alpha value is -1.04. The lowest BCUT2D eigenvalue weighted by atomic mass is 10.3. The zero-order valence-electron chi connectivity index (χ0n) is 8.29. The van der Waals surface area contributed by atoms with Gasteiger partial charge >= 0.3 is 0 Å². The molecule has 1 atom stereocenters. The quantitative estimate of drug-likeness (QED) is 0.743. The SMILES string of the molecule is O=C(c1ccc(F)c(Br)n1)N1CCC(F)C1. The van der Waals surface area contributed by atoms with Crippen LogP contribution in [0.1, 0.15) is 16.9 Å². The molecule has 0 saturated carbocycles. The molecule has 0 radical (unpaired) electrons. The van der Waals surface area contributed by atoms with E-state index in [0.717, 1.165) is 6.07 Å². The number of hydrogen-bond acceptors (Lipinski definition) is 2. The molecule has 1 aliphatic heterocycles. The predicted molar refractivity (Wildman–Crippen MR) is 57.3 cm³/mol. The van der Waals surface area contributed by atoms with Crippen LogP contribution in [-0.2, 0) is 0 Å². The second-order valence-corrected chi connectivity index (χ2v) is 4.36. The van der Waals surface area contributed by atoms with E-state index in [0.29, 0.717) is 13.0 Å². The summed E-state index contributed by atoms with van der Waals surface area (Å²) in [4.78, 5) is 17.0. The van der Waals surface area contributed by atoms with E-state index in [1.807, 2.05) is 0 Å². The molecule has 2 rings (SSSR count). The highest BCUT2D eigenvalue weighted by Crippen LogP contribution is 2.17. The maximum Gasteiger partial charge on any atom is 0.272 e. The molecular formula is C10H9BrF2N2O. The number of halogens is 3. The van der Waals surface area contributed by atoms with Gasteiger partial charge in [0.1, 0.15) is 16.5 Å². The zero-order valence-corrected chi connectivity index (χ0v) is 9.88. The molecule has 1 aromatic heterocycles. The lowest BCUT2D eigenvalue weighted by molar-refractivity contribution is 0.0776. The Morgan fingerprint density at radius 3 is 2.88 bits per heavy atom. The van der Waals surface area contributed by atoms with Gasteiger partial charge in [0.15, 0.2) is 5.82 Å². The van der Waals surface area contributed by atoms with Gasteiger partial charge in [0.25, 0.3) is 5.91 Å². The summed E-state index contributed by atoms with van der Waals surface area (Å²) in [6.45, 7) is 0.478. The first-order valence-electron chi connectivity index (χ1n) is 4.83. The van der Waals surface area contributed by atoms with Gasteiger partial charge in [0, 0.05) is 6.54 Å². The molecule has 0 aromatic carbocycles. The van der Waals surface area contributed by atoms with Gasteiger partial charge in [-0.05, 0) is 34.5 Å². The molecule has 16 heavy (non-hydrogen) atoms. The molecule has 1 saturated heterocycles. The van der Waals surface area contributed by atoms with Crippen LogP contribution >= 0.6 is 15.9 Å². The van der Waals surface area contributed by atoms with E-state index in [1.54, 1.807) is 0 Å². The van der Waals surface area contributed by atoms with Gasteiger partial charge in [0.05, 0.1) is 6.54 Å². The van der Waals surface area contributed by atoms with Crippen molar-refractivity contribution in [1.82, 2.24) is 9.88 Å². The minimum Gasteiger partial charge on any atom is -0.334 e. The number of rotatable bonds is 1. The van der Waals surface area contributed by atoms with Crippen LogP contribution in [0, 0.1) is 5.82 Å². The third kappa shape index (κ3) is 2.21. The Balaban J connectivity index is 2.18. The maximum absolute atomic E-state index is 12.9. The van der Waals surface area contributed by atoms with Crippen LogP contribution in [0.4, 0.5) is 8.78 Å². The summed E-state index contributed by atoms with van der Waals surface area (Å²) in [5, 5.41) is 0. The molecule has 3 nitrogen and oxygen atoms in total. The largest absolute Gasteiger partial charge is 0.334 e. The van der Waals surface area contributed by atoms with Gasteiger partial charge in [-0.3, -0.25) is 4.79 Å². The van der Waals surface area contributed by atoms with Crippen LogP contribution in [0.25, 0.3) is 0 Å². The summed E-state index contributed by atoms with van der Waals surface area (Å²) in [7, 11) is 0. The Kier molecular flexibility index (Phi) is 3.18. The number of amides is 1. The summed E-state index contributed by atoms with van der Waals surface area (Å²) in [6.07, 6.45) is -0.610. The first-order chi connectivity index (χ1) is 7.58. The molecule has 6 heteroatoms. The van der Waals surface area contributed by atoms with Crippen LogP contribution in [0.5, 0.6) is 0 Å². The van der Waals surface area contributed by atoms with Crippen LogP contribution in [0.15, 0.2) is 16.7 Å². The summed E-state index contributed by atoms with van der Waals surface area (Å²) >= 11 is 2.90. The maximum atomic E-state index is 12.9. The van der Waals surface area contributed by atoms with Crippen molar-refractivity contribution in [3.8, 4) is 0 Å². The number of aromatic nitrogens is 1. The van der Waals surface area contributed by atoms with E-state index in [2.05, 4.69) is 20.9 Å². The molecule has 0 aliphatic carbocycles. The van der Waals surface area contributed by atoms with Crippen molar-refractivity contribution >= 4 is 21.8 Å². The number of carbonyl (C=O) groups is 1. The van der Waals surface area contributed by atoms with E-state index in [4.69, 9.17) is 0 Å². The lowest BCUT2D eigenvalue weighted by Crippen LogP contribution is -2.29. The fourth-order valence-electron chi connectivity index (χ4n) is 1.60. The average Bonchev–Trinajstić information content (AvgIpc) is 2.68. The predicted octanol–water partition coefficient (Wildman–Crippen LogP) is 2.17. The highest BCUT2D eigenvalue weighted by molar-refractivity contribution is 9.10. The first-order valence-corrected chi connectivity index (χ1v) is 5.62. The number of nitrogens with zero attached hydrogens (tertiary/aromatic N) is 2. The highest BCUT2D eigenvalue weighted by Gasteiger charge is 2.27. The molecule has 2 heterocycles. The molecule has 1 aliphatic rings. The molecule has 1 fully saturated rings. The Morgan fingerprint density at radius 2 is 2.31 bits per heavy atom. The van der Waals surface area contributed by atoms with E-state index >= 15 is 0 Å². The number of alkyl halides is 1. The molecular weight excluding hydrogens is 282 g/mol. The molecule has 0 spiro atoms. The van der Waals surface area contributed by atoms with Crippen molar-refractivity contribution < 1.29 is 13.6 Å².